The van der Waals surface area contributed by atoms with E-state index in [1.54, 1.807) is 17.0 Å². The Kier molecular flexibility index (Phi) is 5.77. The van der Waals surface area contributed by atoms with Crippen molar-refractivity contribution < 1.29 is 23.1 Å². The van der Waals surface area contributed by atoms with Gasteiger partial charge in [0.05, 0.1) is 11.6 Å². The molecule has 1 saturated carbocycles. The fraction of sp³-hybridized carbons (Fsp3) is 0.333. The van der Waals surface area contributed by atoms with E-state index in [9.17, 15) is 23.1 Å². The number of nitrogens with one attached hydrogen (secondary N) is 1. The van der Waals surface area contributed by atoms with E-state index in [4.69, 9.17) is 11.6 Å². The second kappa shape index (κ2) is 8.63. The molecular formula is C24H22ClF3N4O2. The molecule has 3 aromatic rings. The highest BCUT2D eigenvalue weighted by molar-refractivity contribution is 6.33. The number of amides is 1. The number of aliphatic hydroxyl groups excluding tert-OH is 1. The molecule has 2 aliphatic rings. The number of carbonyl (C=O) groups is 1. The highest BCUT2D eigenvalue weighted by atomic mass is 35.5. The first kappa shape index (κ1) is 22.7. The van der Waals surface area contributed by atoms with Crippen LogP contribution in [0.25, 0.3) is 11.1 Å². The van der Waals surface area contributed by atoms with Crippen LogP contribution >= 0.6 is 11.6 Å². The summed E-state index contributed by atoms with van der Waals surface area (Å²) in [7, 11) is 0. The number of alkyl halides is 2. The van der Waals surface area contributed by atoms with E-state index >= 15 is 0 Å². The van der Waals surface area contributed by atoms with E-state index in [2.05, 4.69) is 10.3 Å². The second-order valence-corrected chi connectivity index (χ2v) is 9.17. The Balaban J connectivity index is 1.37. The lowest BCUT2D eigenvalue weighted by Crippen LogP contribution is -2.44. The fourth-order valence-electron chi connectivity index (χ4n) is 4.48. The predicted octanol–water partition coefficient (Wildman–Crippen LogP) is 4.70. The summed E-state index contributed by atoms with van der Waals surface area (Å²) >= 11 is 6.37. The maximum atomic E-state index is 13.7. The quantitative estimate of drug-likeness (QED) is 0.525. The molecule has 1 amide bonds. The molecule has 6 nitrogen and oxygen atoms in total. The van der Waals surface area contributed by atoms with Crippen molar-refractivity contribution in [2.75, 3.05) is 11.9 Å². The summed E-state index contributed by atoms with van der Waals surface area (Å²) < 4.78 is 41.9. The largest absolute Gasteiger partial charge is 0.392 e. The first-order valence-electron chi connectivity index (χ1n) is 10.9. The lowest BCUT2D eigenvalue weighted by molar-refractivity contribution is -0.0794. The van der Waals surface area contributed by atoms with E-state index in [1.165, 1.54) is 24.4 Å². The van der Waals surface area contributed by atoms with Gasteiger partial charge in [-0.1, -0.05) is 17.7 Å². The number of aromatic nitrogens is 2. The molecule has 10 heteroatoms. The van der Waals surface area contributed by atoms with Crippen LogP contribution in [0.4, 0.5) is 19.0 Å². The van der Waals surface area contributed by atoms with Crippen molar-refractivity contribution in [3.8, 4) is 11.1 Å². The van der Waals surface area contributed by atoms with Gasteiger partial charge in [-0.25, -0.2) is 18.2 Å². The van der Waals surface area contributed by atoms with Crippen molar-refractivity contribution in [2.45, 2.75) is 44.5 Å². The van der Waals surface area contributed by atoms with Gasteiger partial charge in [0.1, 0.15) is 17.3 Å². The van der Waals surface area contributed by atoms with E-state index < -0.39 is 11.7 Å². The Morgan fingerprint density at radius 3 is 2.71 bits per heavy atom. The van der Waals surface area contributed by atoms with Gasteiger partial charge in [-0.15, -0.1) is 0 Å². The third-order valence-corrected chi connectivity index (χ3v) is 6.62. The zero-order valence-electron chi connectivity index (χ0n) is 18.1. The van der Waals surface area contributed by atoms with Gasteiger partial charge in [0.2, 0.25) is 0 Å². The summed E-state index contributed by atoms with van der Waals surface area (Å²) in [6.07, 6.45) is 2.82. The minimum absolute atomic E-state index is 0.184. The summed E-state index contributed by atoms with van der Waals surface area (Å²) in [5.74, 6) is -2.83. The van der Waals surface area contributed by atoms with Crippen LogP contribution in [0.1, 0.15) is 34.5 Å². The molecule has 2 aromatic heterocycles. The van der Waals surface area contributed by atoms with Crippen molar-refractivity contribution in [1.82, 2.24) is 14.5 Å². The molecule has 0 unspecified atom stereocenters. The summed E-state index contributed by atoms with van der Waals surface area (Å²) in [6, 6.07) is 7.21. The van der Waals surface area contributed by atoms with Gasteiger partial charge in [-0.05, 0) is 35.4 Å². The highest BCUT2D eigenvalue weighted by Crippen LogP contribution is 2.39. The Morgan fingerprint density at radius 2 is 1.97 bits per heavy atom. The van der Waals surface area contributed by atoms with E-state index in [0.29, 0.717) is 51.9 Å². The monoisotopic (exact) mass is 490 g/mol. The van der Waals surface area contributed by atoms with Gasteiger partial charge >= 0.3 is 0 Å². The van der Waals surface area contributed by atoms with Crippen LogP contribution in [0, 0.1) is 5.82 Å². The van der Waals surface area contributed by atoms with Crippen molar-refractivity contribution in [1.29, 1.82) is 0 Å². The molecule has 1 fully saturated rings. The van der Waals surface area contributed by atoms with E-state index in [0.717, 1.165) is 0 Å². The molecule has 0 saturated heterocycles. The standard InChI is InChI=1S/C24H22ClF3N4O2/c25-20-10-29-22(30-18-8-24(27,28)9-18)7-19(20)16-6-21-23(34)32(4-3-31(21)12-16)11-15-5-17(26)2-1-14(15)13-33/h1-2,5-7,10,12,18,33H,3-4,8-9,11,13H2,(H,29,30). The van der Waals surface area contributed by atoms with Gasteiger partial charge in [-0.3, -0.25) is 4.79 Å². The second-order valence-electron chi connectivity index (χ2n) is 8.76. The summed E-state index contributed by atoms with van der Waals surface area (Å²) in [5, 5.41) is 12.9. The Hall–Kier alpha value is -3.04. The lowest BCUT2D eigenvalue weighted by atomic mass is 9.88. The van der Waals surface area contributed by atoms with Crippen molar-refractivity contribution in [3.63, 3.8) is 0 Å². The molecule has 0 atom stereocenters. The number of hydrogen-bond donors (Lipinski definition) is 2. The third kappa shape index (κ3) is 4.37. The third-order valence-electron chi connectivity index (χ3n) is 6.32. The van der Waals surface area contributed by atoms with Crippen LogP contribution in [0.15, 0.2) is 42.7 Å². The van der Waals surface area contributed by atoms with Crippen LogP contribution in [0.5, 0.6) is 0 Å². The van der Waals surface area contributed by atoms with Gasteiger partial charge in [0.25, 0.3) is 11.8 Å². The number of pyridine rings is 1. The average Bonchev–Trinajstić information content (AvgIpc) is 3.21. The van der Waals surface area contributed by atoms with Crippen LogP contribution in [0.2, 0.25) is 5.02 Å². The Bertz CT molecular complexity index is 1260. The molecule has 1 aromatic carbocycles. The molecule has 5 rings (SSSR count). The molecular weight excluding hydrogens is 469 g/mol. The molecule has 0 radical (unpaired) electrons. The normalized spacial score (nSPS) is 17.4. The number of nitrogens with zero attached hydrogens (tertiary/aromatic N) is 3. The van der Waals surface area contributed by atoms with Gasteiger partial charge in [-0.2, -0.15) is 0 Å². The van der Waals surface area contributed by atoms with Crippen molar-refractivity contribution in [2.24, 2.45) is 0 Å². The first-order chi connectivity index (χ1) is 16.2. The predicted molar refractivity (Wildman–Crippen MR) is 121 cm³/mol. The van der Waals surface area contributed by atoms with Crippen molar-refractivity contribution in [3.05, 3.63) is 70.4 Å². The Labute approximate surface area is 199 Å². The SMILES string of the molecule is O=C1c2cc(-c3cc(NC4CC(F)(F)C4)ncc3Cl)cn2CCN1Cc1cc(F)ccc1CO. The number of hydrogen-bond acceptors (Lipinski definition) is 4. The number of aliphatic hydroxyl groups is 1. The van der Waals surface area contributed by atoms with Gasteiger partial charge in [0.15, 0.2) is 0 Å². The molecule has 178 valence electrons. The minimum atomic E-state index is -2.63. The zero-order valence-corrected chi connectivity index (χ0v) is 18.8. The molecule has 2 N–H and O–H groups in total. The molecule has 1 aliphatic carbocycles. The van der Waals surface area contributed by atoms with Crippen LogP contribution in [-0.2, 0) is 19.7 Å². The average molecular weight is 491 g/mol. The van der Waals surface area contributed by atoms with Crippen LogP contribution < -0.4 is 5.32 Å². The van der Waals surface area contributed by atoms with Gasteiger partial charge in [0, 0.05) is 62.0 Å². The summed E-state index contributed by atoms with van der Waals surface area (Å²) in [4.78, 5) is 19.0. The van der Waals surface area contributed by atoms with E-state index in [1.807, 2.05) is 10.8 Å². The van der Waals surface area contributed by atoms with Gasteiger partial charge < -0.3 is 19.9 Å². The van der Waals surface area contributed by atoms with Crippen LogP contribution in [0.3, 0.4) is 0 Å². The number of fused-ring (bicyclic) bond motifs is 1. The highest BCUT2D eigenvalue weighted by Gasteiger charge is 2.45. The van der Waals surface area contributed by atoms with E-state index in [-0.39, 0.29) is 37.9 Å². The summed E-state index contributed by atoms with van der Waals surface area (Å²) in [5.41, 5.74) is 2.94. The fourth-order valence-corrected chi connectivity index (χ4v) is 4.69. The molecule has 34 heavy (non-hydrogen) atoms. The maximum Gasteiger partial charge on any atom is 0.270 e. The topological polar surface area (TPSA) is 70.4 Å². The smallest absolute Gasteiger partial charge is 0.270 e. The summed E-state index contributed by atoms with van der Waals surface area (Å²) in [6.45, 7) is 0.903. The molecule has 1 aliphatic heterocycles. The molecule has 0 spiro atoms. The zero-order chi connectivity index (χ0) is 24.0. The lowest BCUT2D eigenvalue weighted by Gasteiger charge is -2.35. The number of benzene rings is 1. The molecule has 0 bridgehead atoms. The number of halogens is 4. The van der Waals surface area contributed by atoms with Crippen molar-refractivity contribution >= 4 is 23.3 Å². The number of carbonyl (C=O) groups excluding carboxylic acids is 1. The number of anilines is 1. The maximum absolute atomic E-state index is 13.7. The molecule has 3 heterocycles. The Morgan fingerprint density at radius 1 is 1.18 bits per heavy atom. The minimum Gasteiger partial charge on any atom is -0.392 e. The van der Waals surface area contributed by atoms with Crippen LogP contribution in [-0.4, -0.2) is 44.0 Å². The number of rotatable bonds is 6. The first-order valence-corrected chi connectivity index (χ1v) is 11.3.